The number of ether oxygens (including phenoxy) is 1. The van der Waals surface area contributed by atoms with Gasteiger partial charge in [-0.15, -0.1) is 0 Å². The maximum absolute atomic E-state index is 13.2. The van der Waals surface area contributed by atoms with Crippen molar-refractivity contribution in [3.8, 4) is 5.75 Å². The quantitative estimate of drug-likeness (QED) is 0.815. The smallest absolute Gasteiger partial charge is 0.130 e. The van der Waals surface area contributed by atoms with Gasteiger partial charge in [-0.3, -0.25) is 0 Å². The summed E-state index contributed by atoms with van der Waals surface area (Å²) in [5.74, 6) is 0.715. The Morgan fingerprint density at radius 3 is 2.39 bits per heavy atom. The van der Waals surface area contributed by atoms with Crippen LogP contribution in [0.15, 0.2) is 54.6 Å². The summed E-state index contributed by atoms with van der Waals surface area (Å²) in [6.45, 7) is 1.91. The molecule has 1 radical (unpaired) electrons. The molecule has 0 aliphatic carbocycles. The second-order valence-corrected chi connectivity index (χ2v) is 5.98. The molecule has 0 saturated carbocycles. The predicted octanol–water partition coefficient (Wildman–Crippen LogP) is 3.39. The van der Waals surface area contributed by atoms with Crippen LogP contribution in [0.5, 0.6) is 5.75 Å². The number of benzene rings is 2. The summed E-state index contributed by atoms with van der Waals surface area (Å²) in [7, 11) is 0. The van der Waals surface area contributed by atoms with Gasteiger partial charge in [-0.1, -0.05) is 30.3 Å². The van der Waals surface area contributed by atoms with Crippen LogP contribution in [0.3, 0.4) is 0 Å². The van der Waals surface area contributed by atoms with E-state index in [1.807, 2.05) is 30.3 Å². The topological polar surface area (TPSA) is 21.3 Å². The van der Waals surface area contributed by atoms with Crippen LogP contribution in [-0.4, -0.2) is 37.6 Å². The number of piperidine rings is 1. The SMILES string of the molecule is Fc1ccc(C2=CC3(CCNCC3)Oc3ccccc32)cc1.[Li]. The number of fused-ring (bicyclic) bond motifs is 1. The predicted molar refractivity (Wildman–Crippen MR) is 91.1 cm³/mol. The Labute approximate surface area is 147 Å². The first-order chi connectivity index (χ1) is 10.8. The van der Waals surface area contributed by atoms with E-state index in [2.05, 4.69) is 17.5 Å². The average molecular weight is 302 g/mol. The molecule has 1 fully saturated rings. The minimum absolute atomic E-state index is 0. The molecular weight excluding hydrogens is 284 g/mol. The van der Waals surface area contributed by atoms with Gasteiger partial charge in [0.2, 0.25) is 0 Å². The summed E-state index contributed by atoms with van der Waals surface area (Å²) in [6, 6.07) is 14.8. The second kappa shape index (κ2) is 6.53. The van der Waals surface area contributed by atoms with Crippen LogP contribution in [0, 0.1) is 5.82 Å². The third-order valence-electron chi connectivity index (χ3n) is 4.50. The third kappa shape index (κ3) is 3.10. The van der Waals surface area contributed by atoms with E-state index in [1.54, 1.807) is 0 Å². The fourth-order valence-electron chi connectivity index (χ4n) is 3.33. The molecule has 2 aromatic rings. The van der Waals surface area contributed by atoms with E-state index < -0.39 is 0 Å². The van der Waals surface area contributed by atoms with Crippen LogP contribution in [0.1, 0.15) is 24.0 Å². The van der Waals surface area contributed by atoms with E-state index in [0.29, 0.717) is 0 Å². The zero-order valence-electron chi connectivity index (χ0n) is 13.3. The van der Waals surface area contributed by atoms with Gasteiger partial charge in [0.05, 0.1) is 0 Å². The van der Waals surface area contributed by atoms with Gasteiger partial charge >= 0.3 is 0 Å². The van der Waals surface area contributed by atoms with Gasteiger partial charge in [-0.25, -0.2) is 4.39 Å². The molecule has 2 nitrogen and oxygen atoms in total. The Morgan fingerprint density at radius 2 is 1.65 bits per heavy atom. The van der Waals surface area contributed by atoms with Crippen LogP contribution in [0.4, 0.5) is 4.39 Å². The first-order valence-corrected chi connectivity index (χ1v) is 7.74. The van der Waals surface area contributed by atoms with Gasteiger partial charge in [0.15, 0.2) is 0 Å². The van der Waals surface area contributed by atoms with Crippen molar-refractivity contribution in [3.05, 3.63) is 71.6 Å². The molecule has 1 N–H and O–H groups in total. The monoisotopic (exact) mass is 302 g/mol. The van der Waals surface area contributed by atoms with Crippen molar-refractivity contribution in [2.24, 2.45) is 0 Å². The summed E-state index contributed by atoms with van der Waals surface area (Å²) >= 11 is 0. The molecule has 2 heterocycles. The van der Waals surface area contributed by atoms with Gasteiger partial charge in [-0.05, 0) is 48.5 Å². The first-order valence-electron chi connectivity index (χ1n) is 7.74. The van der Waals surface area contributed by atoms with Crippen LogP contribution in [0.25, 0.3) is 5.57 Å². The van der Waals surface area contributed by atoms with E-state index in [1.165, 1.54) is 12.1 Å². The molecule has 1 spiro atoms. The standard InChI is InChI=1S/C19H18FNO.Li/c20-15-7-5-14(6-8-15)17-13-19(9-11-21-12-10-19)22-18-4-2-1-3-16(17)18;/h1-8,13,21H,9-12H2;. The molecule has 2 aliphatic heterocycles. The van der Waals surface area contributed by atoms with Gasteiger partial charge in [0, 0.05) is 37.3 Å². The molecule has 2 aliphatic rings. The van der Waals surface area contributed by atoms with Crippen molar-refractivity contribution in [2.45, 2.75) is 18.4 Å². The van der Waals surface area contributed by atoms with Gasteiger partial charge in [0.25, 0.3) is 0 Å². The van der Waals surface area contributed by atoms with Crippen molar-refractivity contribution >= 4 is 24.4 Å². The molecule has 4 rings (SSSR count). The largest absolute Gasteiger partial charge is 0.482 e. The van der Waals surface area contributed by atoms with Crippen molar-refractivity contribution in [1.82, 2.24) is 5.32 Å². The number of nitrogens with one attached hydrogen (secondary N) is 1. The molecule has 2 aromatic carbocycles. The van der Waals surface area contributed by atoms with Gasteiger partial charge in [0.1, 0.15) is 17.2 Å². The molecule has 0 aromatic heterocycles. The summed E-state index contributed by atoms with van der Waals surface area (Å²) in [5, 5.41) is 3.38. The van der Waals surface area contributed by atoms with Crippen LogP contribution in [-0.2, 0) is 0 Å². The fourth-order valence-corrected chi connectivity index (χ4v) is 3.33. The van der Waals surface area contributed by atoms with Crippen molar-refractivity contribution < 1.29 is 9.13 Å². The summed E-state index contributed by atoms with van der Waals surface area (Å²) in [5.41, 5.74) is 3.01. The molecule has 23 heavy (non-hydrogen) atoms. The third-order valence-corrected chi connectivity index (χ3v) is 4.50. The molecule has 113 valence electrons. The molecular formula is C19H18FLiNO. The maximum atomic E-state index is 13.2. The molecule has 0 atom stereocenters. The number of rotatable bonds is 1. The summed E-state index contributed by atoms with van der Waals surface area (Å²) in [6.07, 6.45) is 4.14. The molecule has 4 heteroatoms. The van der Waals surface area contributed by atoms with Gasteiger partial charge < -0.3 is 10.1 Å². The fraction of sp³-hybridized carbons (Fsp3) is 0.263. The summed E-state index contributed by atoms with van der Waals surface area (Å²) < 4.78 is 19.6. The number of hydrogen-bond donors (Lipinski definition) is 1. The van der Waals surface area contributed by atoms with E-state index in [0.717, 1.165) is 48.4 Å². The van der Waals surface area contributed by atoms with Crippen molar-refractivity contribution in [1.29, 1.82) is 0 Å². The van der Waals surface area contributed by atoms with E-state index in [9.17, 15) is 4.39 Å². The van der Waals surface area contributed by atoms with E-state index >= 15 is 0 Å². The Kier molecular flexibility index (Phi) is 4.64. The van der Waals surface area contributed by atoms with Crippen molar-refractivity contribution in [3.63, 3.8) is 0 Å². The van der Waals surface area contributed by atoms with E-state index in [-0.39, 0.29) is 30.3 Å². The van der Waals surface area contributed by atoms with Crippen LogP contribution in [0.2, 0.25) is 0 Å². The minimum Gasteiger partial charge on any atom is -0.482 e. The number of para-hydroxylation sites is 1. The number of hydrogen-bond acceptors (Lipinski definition) is 2. The van der Waals surface area contributed by atoms with E-state index in [4.69, 9.17) is 4.74 Å². The summed E-state index contributed by atoms with van der Waals surface area (Å²) in [4.78, 5) is 0. The average Bonchev–Trinajstić information content (AvgIpc) is 2.56. The molecule has 0 bridgehead atoms. The second-order valence-electron chi connectivity index (χ2n) is 5.98. The zero-order valence-corrected chi connectivity index (χ0v) is 13.3. The minimum atomic E-state index is -0.247. The Bertz CT molecular complexity index is 720. The Morgan fingerprint density at radius 1 is 0.957 bits per heavy atom. The van der Waals surface area contributed by atoms with Gasteiger partial charge in [-0.2, -0.15) is 0 Å². The molecule has 1 saturated heterocycles. The first kappa shape index (κ1) is 16.3. The molecule has 0 amide bonds. The van der Waals surface area contributed by atoms with Crippen molar-refractivity contribution in [2.75, 3.05) is 13.1 Å². The zero-order chi connectivity index (χ0) is 15.0. The Hall–Kier alpha value is -1.53. The molecule has 0 unspecified atom stereocenters. The van der Waals surface area contributed by atoms with Crippen LogP contribution >= 0.6 is 0 Å². The van der Waals surface area contributed by atoms with Crippen LogP contribution < -0.4 is 10.1 Å². The Balaban J connectivity index is 0.00000156. The number of halogens is 1. The maximum Gasteiger partial charge on any atom is 0.130 e. The normalized spacial score (nSPS) is 18.4.